The van der Waals surface area contributed by atoms with Crippen LogP contribution < -0.4 is 4.74 Å². The van der Waals surface area contributed by atoms with Crippen LogP contribution in [0.25, 0.3) is 22.3 Å². The molecule has 0 aliphatic carbocycles. The van der Waals surface area contributed by atoms with Crippen LogP contribution in [0.4, 0.5) is 5.69 Å². The van der Waals surface area contributed by atoms with E-state index >= 15 is 0 Å². The van der Waals surface area contributed by atoms with Crippen LogP contribution in [0.1, 0.15) is 0 Å². The van der Waals surface area contributed by atoms with Crippen molar-refractivity contribution in [1.82, 2.24) is 15.0 Å². The summed E-state index contributed by atoms with van der Waals surface area (Å²) in [6.45, 7) is 0. The molecule has 7 heteroatoms. The first-order valence-corrected chi connectivity index (χ1v) is 7.81. The summed E-state index contributed by atoms with van der Waals surface area (Å²) in [6.07, 6.45) is 3.31. The lowest BCUT2D eigenvalue weighted by atomic mass is 10.2. The molecule has 0 N–H and O–H groups in total. The van der Waals surface area contributed by atoms with Gasteiger partial charge in [0.25, 0.3) is 0 Å². The Kier molecular flexibility index (Phi) is 3.95. The Morgan fingerprint density at radius 1 is 0.923 bits per heavy atom. The zero-order valence-electron chi connectivity index (χ0n) is 13.4. The van der Waals surface area contributed by atoms with Crippen molar-refractivity contribution in [1.29, 1.82) is 0 Å². The number of nitrogens with zero attached hydrogens (tertiary/aromatic N) is 4. The Bertz CT molecular complexity index is 1100. The van der Waals surface area contributed by atoms with E-state index in [1.807, 2.05) is 30.3 Å². The number of para-hydroxylation sites is 3. The first kappa shape index (κ1) is 15.6. The minimum absolute atomic E-state index is 0.124. The summed E-state index contributed by atoms with van der Waals surface area (Å²) in [5, 5.41) is 11.9. The van der Waals surface area contributed by atoms with Crippen molar-refractivity contribution >= 4 is 16.6 Å². The Morgan fingerprint density at radius 2 is 1.73 bits per heavy atom. The second-order valence-corrected chi connectivity index (χ2v) is 5.44. The number of fused-ring (bicyclic) bond motifs is 1. The minimum atomic E-state index is -0.485. The molecule has 26 heavy (non-hydrogen) atoms. The van der Waals surface area contributed by atoms with E-state index in [1.54, 1.807) is 36.7 Å². The second kappa shape index (κ2) is 6.56. The maximum absolute atomic E-state index is 11.2. The lowest BCUT2D eigenvalue weighted by Crippen LogP contribution is -1.98. The molecule has 0 saturated carbocycles. The number of nitro benzene ring substituents is 1. The summed E-state index contributed by atoms with van der Waals surface area (Å²) < 4.78 is 5.83. The topological polar surface area (TPSA) is 91.0 Å². The van der Waals surface area contributed by atoms with E-state index in [0.717, 1.165) is 5.56 Å². The van der Waals surface area contributed by atoms with Crippen LogP contribution in [-0.2, 0) is 0 Å². The predicted octanol–water partition coefficient (Wildman–Crippen LogP) is 4.39. The summed E-state index contributed by atoms with van der Waals surface area (Å²) in [4.78, 5) is 23.9. The van der Waals surface area contributed by atoms with Crippen LogP contribution in [0.2, 0.25) is 0 Å². The Labute approximate surface area is 148 Å². The average molecular weight is 344 g/mol. The van der Waals surface area contributed by atoms with Crippen molar-refractivity contribution < 1.29 is 9.66 Å². The van der Waals surface area contributed by atoms with Crippen molar-refractivity contribution in [2.45, 2.75) is 0 Å². The van der Waals surface area contributed by atoms with Crippen LogP contribution in [-0.4, -0.2) is 19.9 Å². The van der Waals surface area contributed by atoms with Gasteiger partial charge in [0, 0.05) is 24.0 Å². The molecular formula is C19H12N4O3. The Morgan fingerprint density at radius 3 is 2.54 bits per heavy atom. The standard InChI is InChI=1S/C19H12N4O3/c24-23(25)16-9-3-4-10-17(16)26-19-14-7-1-2-8-15(14)21-18(22-19)13-6-5-11-20-12-13/h1-12H. The predicted molar refractivity (Wildman–Crippen MR) is 95.9 cm³/mol. The van der Waals surface area contributed by atoms with Crippen molar-refractivity contribution in [3.63, 3.8) is 0 Å². The van der Waals surface area contributed by atoms with Gasteiger partial charge in [0.05, 0.1) is 15.8 Å². The van der Waals surface area contributed by atoms with Crippen LogP contribution >= 0.6 is 0 Å². The van der Waals surface area contributed by atoms with E-state index in [0.29, 0.717) is 16.7 Å². The molecule has 0 aliphatic rings. The Balaban J connectivity index is 1.88. The van der Waals surface area contributed by atoms with Gasteiger partial charge in [-0.3, -0.25) is 15.1 Å². The number of aromatic nitrogens is 3. The summed E-state index contributed by atoms with van der Waals surface area (Å²) in [7, 11) is 0. The Hall–Kier alpha value is -3.87. The number of ether oxygens (including phenoxy) is 1. The molecule has 0 bridgehead atoms. The molecule has 2 aromatic heterocycles. The molecule has 0 aliphatic heterocycles. The van der Waals surface area contributed by atoms with Gasteiger partial charge in [-0.2, -0.15) is 4.98 Å². The molecule has 126 valence electrons. The van der Waals surface area contributed by atoms with Gasteiger partial charge < -0.3 is 4.74 Å². The number of hydrogen-bond acceptors (Lipinski definition) is 6. The number of pyridine rings is 1. The van der Waals surface area contributed by atoms with Gasteiger partial charge in [-0.1, -0.05) is 24.3 Å². The van der Waals surface area contributed by atoms with Gasteiger partial charge in [-0.15, -0.1) is 0 Å². The fourth-order valence-electron chi connectivity index (χ4n) is 2.55. The molecule has 4 aromatic rings. The summed E-state index contributed by atoms with van der Waals surface area (Å²) >= 11 is 0. The number of hydrogen-bond donors (Lipinski definition) is 0. The van der Waals surface area contributed by atoms with Gasteiger partial charge in [-0.05, 0) is 30.3 Å². The SMILES string of the molecule is O=[N+]([O-])c1ccccc1Oc1nc(-c2cccnc2)nc2ccccc12. The van der Waals surface area contributed by atoms with Crippen molar-refractivity contribution in [3.05, 3.63) is 83.2 Å². The fourth-order valence-corrected chi connectivity index (χ4v) is 2.55. The molecular weight excluding hydrogens is 332 g/mol. The summed E-state index contributed by atoms with van der Waals surface area (Å²) in [5.41, 5.74) is 1.28. The zero-order valence-corrected chi connectivity index (χ0v) is 13.4. The molecule has 0 saturated heterocycles. The van der Waals surface area contributed by atoms with E-state index in [2.05, 4.69) is 15.0 Å². The van der Waals surface area contributed by atoms with Crippen LogP contribution in [0, 0.1) is 10.1 Å². The zero-order chi connectivity index (χ0) is 17.9. The molecule has 0 fully saturated rings. The highest BCUT2D eigenvalue weighted by molar-refractivity contribution is 5.85. The largest absolute Gasteiger partial charge is 0.431 e. The second-order valence-electron chi connectivity index (χ2n) is 5.44. The first-order valence-electron chi connectivity index (χ1n) is 7.81. The van der Waals surface area contributed by atoms with Crippen molar-refractivity contribution in [3.8, 4) is 23.0 Å². The maximum atomic E-state index is 11.2. The van der Waals surface area contributed by atoms with Gasteiger partial charge >= 0.3 is 5.69 Å². The smallest absolute Gasteiger partial charge is 0.311 e. The maximum Gasteiger partial charge on any atom is 0.311 e. The highest BCUT2D eigenvalue weighted by Crippen LogP contribution is 2.34. The molecule has 0 spiro atoms. The van der Waals surface area contributed by atoms with Gasteiger partial charge in [0.15, 0.2) is 5.82 Å². The molecule has 7 nitrogen and oxygen atoms in total. The van der Waals surface area contributed by atoms with E-state index in [1.165, 1.54) is 6.07 Å². The van der Waals surface area contributed by atoms with E-state index in [-0.39, 0.29) is 17.3 Å². The molecule has 0 amide bonds. The molecule has 0 radical (unpaired) electrons. The van der Waals surface area contributed by atoms with Crippen LogP contribution in [0.3, 0.4) is 0 Å². The highest BCUT2D eigenvalue weighted by Gasteiger charge is 2.17. The van der Waals surface area contributed by atoms with E-state index < -0.39 is 4.92 Å². The third-order valence-corrected chi connectivity index (χ3v) is 3.76. The van der Waals surface area contributed by atoms with Gasteiger partial charge in [0.1, 0.15) is 0 Å². The highest BCUT2D eigenvalue weighted by atomic mass is 16.6. The quantitative estimate of drug-likeness (QED) is 0.403. The molecule has 0 unspecified atom stereocenters. The fraction of sp³-hybridized carbons (Fsp3) is 0. The van der Waals surface area contributed by atoms with Gasteiger partial charge in [-0.25, -0.2) is 4.98 Å². The third-order valence-electron chi connectivity index (χ3n) is 3.76. The van der Waals surface area contributed by atoms with E-state index in [9.17, 15) is 10.1 Å². The lowest BCUT2D eigenvalue weighted by Gasteiger charge is -2.10. The number of rotatable bonds is 4. The number of nitro groups is 1. The monoisotopic (exact) mass is 344 g/mol. The van der Waals surface area contributed by atoms with Crippen molar-refractivity contribution in [2.75, 3.05) is 0 Å². The average Bonchev–Trinajstić information content (AvgIpc) is 2.69. The summed E-state index contributed by atoms with van der Waals surface area (Å²) in [5.74, 6) is 0.813. The van der Waals surface area contributed by atoms with Crippen LogP contribution in [0.15, 0.2) is 73.1 Å². The normalized spacial score (nSPS) is 10.6. The third kappa shape index (κ3) is 2.93. The molecule has 2 aromatic carbocycles. The molecule has 2 heterocycles. The lowest BCUT2D eigenvalue weighted by molar-refractivity contribution is -0.385. The molecule has 0 atom stereocenters. The van der Waals surface area contributed by atoms with Gasteiger partial charge in [0.2, 0.25) is 11.6 Å². The first-order chi connectivity index (χ1) is 12.7. The van der Waals surface area contributed by atoms with Crippen molar-refractivity contribution in [2.24, 2.45) is 0 Å². The number of benzene rings is 2. The van der Waals surface area contributed by atoms with E-state index in [4.69, 9.17) is 4.74 Å². The minimum Gasteiger partial charge on any atom is -0.431 e. The van der Waals surface area contributed by atoms with Crippen LogP contribution in [0.5, 0.6) is 11.6 Å². The molecule has 4 rings (SSSR count). The summed E-state index contributed by atoms with van der Waals surface area (Å²) in [6, 6.07) is 17.2.